The third-order valence-electron chi connectivity index (χ3n) is 4.54. The van der Waals surface area contributed by atoms with Gasteiger partial charge in [-0.2, -0.15) is 0 Å². The lowest BCUT2D eigenvalue weighted by Crippen LogP contribution is -2.36. The Morgan fingerprint density at radius 3 is 2.10 bits per heavy atom. The van der Waals surface area contributed by atoms with Gasteiger partial charge >= 0.3 is 0 Å². The minimum Gasteiger partial charge on any atom is -0.491 e. The van der Waals surface area contributed by atoms with E-state index in [1.807, 2.05) is 62.4 Å². The summed E-state index contributed by atoms with van der Waals surface area (Å²) < 4.78 is 5.74. The first kappa shape index (κ1) is 21.0. The number of hydrogen-bond donors (Lipinski definition) is 1. The lowest BCUT2D eigenvalue weighted by Gasteiger charge is -2.15. The van der Waals surface area contributed by atoms with Gasteiger partial charge in [0.1, 0.15) is 12.4 Å². The summed E-state index contributed by atoms with van der Waals surface area (Å²) in [6.07, 6.45) is 0. The Hall–Kier alpha value is -2.72. The van der Waals surface area contributed by atoms with Crippen molar-refractivity contribution in [2.24, 2.45) is 0 Å². The van der Waals surface area contributed by atoms with Crippen molar-refractivity contribution < 1.29 is 9.53 Å². The molecule has 0 radical (unpaired) electrons. The maximum absolute atomic E-state index is 12.5. The van der Waals surface area contributed by atoms with Gasteiger partial charge in [-0.1, -0.05) is 47.5 Å². The van der Waals surface area contributed by atoms with Crippen LogP contribution < -0.4 is 10.1 Å². The summed E-state index contributed by atoms with van der Waals surface area (Å²) in [5.74, 6) is 1.61. The van der Waals surface area contributed by atoms with E-state index in [0.29, 0.717) is 12.2 Å². The second-order valence-electron chi connectivity index (χ2n) is 7.30. The average molecular weight is 406 g/mol. The summed E-state index contributed by atoms with van der Waals surface area (Å²) in [4.78, 5) is 13.7. The van der Waals surface area contributed by atoms with E-state index in [0.717, 1.165) is 11.5 Å². The monoisotopic (exact) mass is 405 g/mol. The van der Waals surface area contributed by atoms with Gasteiger partial charge in [-0.25, -0.2) is 0 Å². The van der Waals surface area contributed by atoms with Crippen molar-refractivity contribution in [3.8, 4) is 5.75 Å². The SMILES string of the molecule is Cc1ccc(OCC(C)NC(=O)c2ccc(CSc3ccc(C)cc3)cc2)cc1. The molecule has 29 heavy (non-hydrogen) atoms. The van der Waals surface area contributed by atoms with E-state index in [4.69, 9.17) is 4.74 Å². The molecule has 150 valence electrons. The van der Waals surface area contributed by atoms with Crippen LogP contribution in [-0.4, -0.2) is 18.6 Å². The molecule has 3 rings (SSSR count). The number of carbonyl (C=O) groups excluding carboxylic acids is 1. The van der Waals surface area contributed by atoms with Crippen LogP contribution in [0.25, 0.3) is 0 Å². The van der Waals surface area contributed by atoms with Gasteiger partial charge in [0.05, 0.1) is 6.04 Å². The van der Waals surface area contributed by atoms with Crippen molar-refractivity contribution in [1.82, 2.24) is 5.32 Å². The van der Waals surface area contributed by atoms with E-state index in [-0.39, 0.29) is 11.9 Å². The lowest BCUT2D eigenvalue weighted by atomic mass is 10.1. The number of ether oxygens (including phenoxy) is 1. The molecule has 0 saturated carbocycles. The number of hydrogen-bond acceptors (Lipinski definition) is 3. The molecule has 0 bridgehead atoms. The Morgan fingerprint density at radius 1 is 0.897 bits per heavy atom. The van der Waals surface area contributed by atoms with Gasteiger partial charge in [0.2, 0.25) is 0 Å². The van der Waals surface area contributed by atoms with Crippen molar-refractivity contribution in [3.63, 3.8) is 0 Å². The van der Waals surface area contributed by atoms with E-state index in [1.165, 1.54) is 21.6 Å². The van der Waals surface area contributed by atoms with Gasteiger partial charge < -0.3 is 10.1 Å². The molecule has 3 aromatic carbocycles. The zero-order valence-corrected chi connectivity index (χ0v) is 18.0. The minimum absolute atomic E-state index is 0.0808. The second kappa shape index (κ2) is 10.2. The number of aryl methyl sites for hydroxylation is 2. The first-order valence-electron chi connectivity index (χ1n) is 9.78. The molecule has 0 aliphatic carbocycles. The molecule has 0 aliphatic rings. The van der Waals surface area contributed by atoms with Crippen LogP contribution in [0.5, 0.6) is 5.75 Å². The largest absolute Gasteiger partial charge is 0.491 e. The molecular formula is C25H27NO2S. The second-order valence-corrected chi connectivity index (χ2v) is 8.35. The molecule has 4 heteroatoms. The Kier molecular flexibility index (Phi) is 7.36. The highest BCUT2D eigenvalue weighted by Crippen LogP contribution is 2.23. The van der Waals surface area contributed by atoms with Crippen molar-refractivity contribution in [2.75, 3.05) is 6.61 Å². The molecule has 3 nitrogen and oxygen atoms in total. The van der Waals surface area contributed by atoms with Crippen LogP contribution >= 0.6 is 11.8 Å². The Balaban J connectivity index is 1.46. The Morgan fingerprint density at radius 2 is 1.48 bits per heavy atom. The molecule has 3 aromatic rings. The molecule has 0 spiro atoms. The molecule has 1 N–H and O–H groups in total. The number of amides is 1. The van der Waals surface area contributed by atoms with Crippen molar-refractivity contribution in [2.45, 2.75) is 37.5 Å². The average Bonchev–Trinajstić information content (AvgIpc) is 2.73. The third-order valence-corrected chi connectivity index (χ3v) is 5.62. The summed E-state index contributed by atoms with van der Waals surface area (Å²) in [6, 6.07) is 24.2. The van der Waals surface area contributed by atoms with E-state index >= 15 is 0 Å². The van der Waals surface area contributed by atoms with Crippen LogP contribution in [0.3, 0.4) is 0 Å². The van der Waals surface area contributed by atoms with Gasteiger partial charge in [-0.05, 0) is 62.7 Å². The predicted molar refractivity (Wildman–Crippen MR) is 121 cm³/mol. The maximum Gasteiger partial charge on any atom is 0.251 e. The number of nitrogens with one attached hydrogen (secondary N) is 1. The fourth-order valence-electron chi connectivity index (χ4n) is 2.76. The van der Waals surface area contributed by atoms with Crippen LogP contribution in [0, 0.1) is 13.8 Å². The van der Waals surface area contributed by atoms with E-state index < -0.39 is 0 Å². The standard InChI is InChI=1S/C25H27NO2S/c1-18-4-12-23(13-5-18)28-16-20(3)26-25(27)22-10-8-21(9-11-22)17-29-24-14-6-19(2)7-15-24/h4-15,20H,16-17H2,1-3H3,(H,26,27). The van der Waals surface area contributed by atoms with Gasteiger partial charge in [0.25, 0.3) is 5.91 Å². The molecule has 0 saturated heterocycles. The van der Waals surface area contributed by atoms with Crippen LogP contribution in [-0.2, 0) is 5.75 Å². The minimum atomic E-state index is -0.0828. The molecule has 0 fully saturated rings. The van der Waals surface area contributed by atoms with E-state index in [1.54, 1.807) is 11.8 Å². The third kappa shape index (κ3) is 6.68. The van der Waals surface area contributed by atoms with Gasteiger partial charge in [-0.15, -0.1) is 11.8 Å². The molecular weight excluding hydrogens is 378 g/mol. The first-order chi connectivity index (χ1) is 14.0. The summed E-state index contributed by atoms with van der Waals surface area (Å²) in [6.45, 7) is 6.51. The van der Waals surface area contributed by atoms with Gasteiger partial charge in [0.15, 0.2) is 0 Å². The molecule has 0 aromatic heterocycles. The summed E-state index contributed by atoms with van der Waals surface area (Å²) in [5, 5.41) is 2.99. The summed E-state index contributed by atoms with van der Waals surface area (Å²) >= 11 is 1.80. The quantitative estimate of drug-likeness (QED) is 0.482. The Labute approximate surface area is 177 Å². The van der Waals surface area contributed by atoms with Crippen LogP contribution in [0.1, 0.15) is 34.0 Å². The highest BCUT2D eigenvalue weighted by Gasteiger charge is 2.10. The smallest absolute Gasteiger partial charge is 0.251 e. The zero-order valence-electron chi connectivity index (χ0n) is 17.1. The number of benzene rings is 3. The highest BCUT2D eigenvalue weighted by molar-refractivity contribution is 7.98. The Bertz CT molecular complexity index is 919. The van der Waals surface area contributed by atoms with Gasteiger partial charge in [0, 0.05) is 16.2 Å². The zero-order chi connectivity index (χ0) is 20.6. The normalized spacial score (nSPS) is 11.7. The van der Waals surface area contributed by atoms with Crippen LogP contribution in [0.4, 0.5) is 0 Å². The molecule has 1 atom stereocenters. The summed E-state index contributed by atoms with van der Waals surface area (Å²) in [5.41, 5.74) is 4.32. The van der Waals surface area contributed by atoms with Gasteiger partial charge in [-0.3, -0.25) is 4.79 Å². The fourth-order valence-corrected chi connectivity index (χ4v) is 3.61. The van der Waals surface area contributed by atoms with Crippen molar-refractivity contribution in [3.05, 3.63) is 95.1 Å². The maximum atomic E-state index is 12.5. The van der Waals surface area contributed by atoms with Crippen molar-refractivity contribution in [1.29, 1.82) is 0 Å². The van der Waals surface area contributed by atoms with Crippen LogP contribution in [0.2, 0.25) is 0 Å². The topological polar surface area (TPSA) is 38.3 Å². The molecule has 1 amide bonds. The fraction of sp³-hybridized carbons (Fsp3) is 0.240. The predicted octanol–water partition coefficient (Wildman–Crippen LogP) is 5.79. The molecule has 0 aliphatic heterocycles. The van der Waals surface area contributed by atoms with Crippen LogP contribution in [0.15, 0.2) is 77.7 Å². The number of rotatable bonds is 8. The summed E-state index contributed by atoms with van der Waals surface area (Å²) in [7, 11) is 0. The number of thioether (sulfide) groups is 1. The van der Waals surface area contributed by atoms with Crippen molar-refractivity contribution >= 4 is 17.7 Å². The molecule has 1 unspecified atom stereocenters. The highest BCUT2D eigenvalue weighted by atomic mass is 32.2. The first-order valence-corrected chi connectivity index (χ1v) is 10.8. The number of carbonyl (C=O) groups is 1. The van der Waals surface area contributed by atoms with E-state index in [2.05, 4.69) is 36.5 Å². The molecule has 0 heterocycles. The van der Waals surface area contributed by atoms with E-state index in [9.17, 15) is 4.79 Å². The lowest BCUT2D eigenvalue weighted by molar-refractivity contribution is 0.0926.